The summed E-state index contributed by atoms with van der Waals surface area (Å²) in [6.07, 6.45) is 0.368. The Balaban J connectivity index is 2.25. The number of carboxylic acids is 1. The summed E-state index contributed by atoms with van der Waals surface area (Å²) in [5, 5.41) is 19.1. The molecule has 0 radical (unpaired) electrons. The van der Waals surface area contributed by atoms with Gasteiger partial charge in [0, 0.05) is 9.86 Å². The maximum absolute atomic E-state index is 12.3. The predicted molar refractivity (Wildman–Crippen MR) is 82.1 cm³/mol. The number of hydrogen-bond acceptors (Lipinski definition) is 3. The van der Waals surface area contributed by atoms with Gasteiger partial charge in [0.05, 0.1) is 5.52 Å². The van der Waals surface area contributed by atoms with Crippen LogP contribution < -0.4 is 5.32 Å². The molecule has 0 spiro atoms. The summed E-state index contributed by atoms with van der Waals surface area (Å²) in [7, 11) is 0. The van der Waals surface area contributed by atoms with Gasteiger partial charge in [-0.25, -0.2) is 4.79 Å². The fraction of sp³-hybridized carbons (Fsp3) is 0.357. The van der Waals surface area contributed by atoms with Crippen LogP contribution in [0.2, 0.25) is 0 Å². The molecule has 7 heteroatoms. The number of amides is 1. The van der Waals surface area contributed by atoms with Crippen molar-refractivity contribution in [1.82, 2.24) is 15.5 Å². The molecule has 3 N–H and O–H groups in total. The number of fused-ring (bicyclic) bond motifs is 1. The number of hydrogen-bond donors (Lipinski definition) is 3. The van der Waals surface area contributed by atoms with Crippen molar-refractivity contribution >= 4 is 38.7 Å². The fourth-order valence-electron chi connectivity index (χ4n) is 2.08. The zero-order chi connectivity index (χ0) is 15.6. The van der Waals surface area contributed by atoms with Crippen molar-refractivity contribution in [2.75, 3.05) is 0 Å². The summed E-state index contributed by atoms with van der Waals surface area (Å²) in [6.45, 7) is 3.81. The van der Waals surface area contributed by atoms with Crippen LogP contribution in [0.1, 0.15) is 30.8 Å². The highest BCUT2D eigenvalue weighted by Crippen LogP contribution is 2.21. The van der Waals surface area contributed by atoms with Crippen LogP contribution in [0, 0.1) is 5.92 Å². The number of aromatic nitrogens is 2. The summed E-state index contributed by atoms with van der Waals surface area (Å²) in [5.74, 6) is -1.37. The van der Waals surface area contributed by atoms with Crippen molar-refractivity contribution < 1.29 is 14.7 Å². The molecular weight excluding hydrogens is 338 g/mol. The van der Waals surface area contributed by atoms with Crippen LogP contribution in [0.25, 0.3) is 10.9 Å². The second-order valence-corrected chi connectivity index (χ2v) is 6.17. The minimum Gasteiger partial charge on any atom is -0.480 e. The minimum absolute atomic E-state index is 0.163. The number of aliphatic carboxylic acids is 1. The lowest BCUT2D eigenvalue weighted by atomic mass is 10.0. The maximum Gasteiger partial charge on any atom is 0.326 e. The summed E-state index contributed by atoms with van der Waals surface area (Å²) in [4.78, 5) is 23.5. The van der Waals surface area contributed by atoms with E-state index in [9.17, 15) is 14.7 Å². The van der Waals surface area contributed by atoms with Crippen LogP contribution >= 0.6 is 15.9 Å². The smallest absolute Gasteiger partial charge is 0.326 e. The van der Waals surface area contributed by atoms with E-state index in [1.54, 1.807) is 12.1 Å². The van der Waals surface area contributed by atoms with Gasteiger partial charge in [0.15, 0.2) is 5.69 Å². The van der Waals surface area contributed by atoms with E-state index in [-0.39, 0.29) is 11.6 Å². The van der Waals surface area contributed by atoms with Gasteiger partial charge in [-0.2, -0.15) is 5.10 Å². The SMILES string of the molecule is CC(C)C[C@@H](NC(=O)c1n[nH]c2ccc(Br)cc12)C(=O)O. The molecule has 0 unspecified atom stereocenters. The lowest BCUT2D eigenvalue weighted by Crippen LogP contribution is -2.41. The van der Waals surface area contributed by atoms with E-state index in [2.05, 4.69) is 31.4 Å². The Morgan fingerprint density at radius 3 is 2.76 bits per heavy atom. The highest BCUT2D eigenvalue weighted by molar-refractivity contribution is 9.10. The van der Waals surface area contributed by atoms with Crippen molar-refractivity contribution in [2.24, 2.45) is 5.92 Å². The van der Waals surface area contributed by atoms with E-state index in [1.165, 1.54) is 0 Å². The summed E-state index contributed by atoms with van der Waals surface area (Å²) >= 11 is 3.34. The highest BCUT2D eigenvalue weighted by atomic mass is 79.9. The van der Waals surface area contributed by atoms with Crippen LogP contribution in [0.4, 0.5) is 0 Å². The number of nitrogens with one attached hydrogen (secondary N) is 2. The first-order valence-corrected chi connectivity index (χ1v) is 7.35. The minimum atomic E-state index is -1.04. The average molecular weight is 354 g/mol. The van der Waals surface area contributed by atoms with E-state index < -0.39 is 17.9 Å². The second kappa shape index (κ2) is 6.26. The van der Waals surface area contributed by atoms with Gasteiger partial charge >= 0.3 is 5.97 Å². The first-order chi connectivity index (χ1) is 9.88. The fourth-order valence-corrected chi connectivity index (χ4v) is 2.44. The molecule has 2 aromatic rings. The molecule has 6 nitrogen and oxygen atoms in total. The molecule has 0 saturated carbocycles. The Bertz CT molecular complexity index is 681. The number of carbonyl (C=O) groups is 2. The Morgan fingerprint density at radius 2 is 2.14 bits per heavy atom. The van der Waals surface area contributed by atoms with Gasteiger partial charge < -0.3 is 10.4 Å². The Kier molecular flexibility index (Phi) is 4.62. The van der Waals surface area contributed by atoms with Crippen molar-refractivity contribution in [3.63, 3.8) is 0 Å². The Labute approximate surface area is 130 Å². The van der Waals surface area contributed by atoms with E-state index in [0.29, 0.717) is 11.8 Å². The molecular formula is C14H16BrN3O3. The molecule has 0 fully saturated rings. The number of carbonyl (C=O) groups excluding carboxylic acids is 1. The monoisotopic (exact) mass is 353 g/mol. The third-order valence-corrected chi connectivity index (χ3v) is 3.54. The lowest BCUT2D eigenvalue weighted by Gasteiger charge is -2.15. The van der Waals surface area contributed by atoms with Crippen LogP contribution in [-0.2, 0) is 4.79 Å². The van der Waals surface area contributed by atoms with E-state index in [1.807, 2.05) is 19.9 Å². The normalized spacial score (nSPS) is 12.6. The van der Waals surface area contributed by atoms with Gasteiger partial charge in [0.25, 0.3) is 5.91 Å². The van der Waals surface area contributed by atoms with Gasteiger partial charge in [0.1, 0.15) is 6.04 Å². The molecule has 0 saturated heterocycles. The number of aromatic amines is 1. The molecule has 21 heavy (non-hydrogen) atoms. The zero-order valence-corrected chi connectivity index (χ0v) is 13.3. The molecule has 0 aliphatic rings. The molecule has 1 amide bonds. The molecule has 1 aromatic heterocycles. The number of H-pyrrole nitrogens is 1. The van der Waals surface area contributed by atoms with Crippen LogP contribution in [0.3, 0.4) is 0 Å². The topological polar surface area (TPSA) is 95.1 Å². The van der Waals surface area contributed by atoms with Crippen LogP contribution in [0.15, 0.2) is 22.7 Å². The van der Waals surface area contributed by atoms with Gasteiger partial charge in [-0.3, -0.25) is 9.89 Å². The first-order valence-electron chi connectivity index (χ1n) is 6.55. The molecule has 112 valence electrons. The highest BCUT2D eigenvalue weighted by Gasteiger charge is 2.24. The molecule has 0 bridgehead atoms. The number of carboxylic acid groups (broad SMARTS) is 1. The zero-order valence-electron chi connectivity index (χ0n) is 11.7. The molecule has 0 aliphatic heterocycles. The predicted octanol–water partition coefficient (Wildman–Crippen LogP) is 2.55. The molecule has 0 aliphatic carbocycles. The summed E-state index contributed by atoms with van der Waals surface area (Å²) < 4.78 is 0.822. The number of rotatable bonds is 5. The van der Waals surface area contributed by atoms with Crippen molar-refractivity contribution in [1.29, 1.82) is 0 Å². The van der Waals surface area contributed by atoms with Crippen LogP contribution in [-0.4, -0.2) is 33.2 Å². The third kappa shape index (κ3) is 3.60. The van der Waals surface area contributed by atoms with Gasteiger partial charge in [0.2, 0.25) is 0 Å². The van der Waals surface area contributed by atoms with Gasteiger partial charge in [-0.05, 0) is 30.5 Å². The van der Waals surface area contributed by atoms with Crippen molar-refractivity contribution in [3.05, 3.63) is 28.4 Å². The largest absolute Gasteiger partial charge is 0.480 e. The van der Waals surface area contributed by atoms with E-state index >= 15 is 0 Å². The molecule has 1 aromatic carbocycles. The quantitative estimate of drug-likeness (QED) is 0.769. The van der Waals surface area contributed by atoms with E-state index in [0.717, 1.165) is 9.99 Å². The number of nitrogens with zero attached hydrogens (tertiary/aromatic N) is 1. The lowest BCUT2D eigenvalue weighted by molar-refractivity contribution is -0.139. The van der Waals surface area contributed by atoms with Crippen LogP contribution in [0.5, 0.6) is 0 Å². The molecule has 1 heterocycles. The van der Waals surface area contributed by atoms with E-state index in [4.69, 9.17) is 0 Å². The molecule has 2 rings (SSSR count). The summed E-state index contributed by atoms with van der Waals surface area (Å²) in [6, 6.07) is 4.48. The second-order valence-electron chi connectivity index (χ2n) is 5.26. The third-order valence-electron chi connectivity index (χ3n) is 3.05. The Morgan fingerprint density at radius 1 is 1.43 bits per heavy atom. The number of benzene rings is 1. The van der Waals surface area contributed by atoms with Crippen molar-refractivity contribution in [2.45, 2.75) is 26.3 Å². The number of halogens is 1. The standard InChI is InChI=1S/C14H16BrN3O3/c1-7(2)5-11(14(20)21)16-13(19)12-9-6-8(15)3-4-10(9)17-18-12/h3-4,6-7,11H,5H2,1-2H3,(H,16,19)(H,17,18)(H,20,21)/t11-/m1/s1. The van der Waals surface area contributed by atoms with Gasteiger partial charge in [-0.1, -0.05) is 29.8 Å². The Hall–Kier alpha value is -1.89. The van der Waals surface area contributed by atoms with Gasteiger partial charge in [-0.15, -0.1) is 0 Å². The summed E-state index contributed by atoms with van der Waals surface area (Å²) in [5.41, 5.74) is 0.917. The first kappa shape index (κ1) is 15.5. The molecule has 1 atom stereocenters. The maximum atomic E-state index is 12.3. The average Bonchev–Trinajstić information content (AvgIpc) is 2.80. The van der Waals surface area contributed by atoms with Crippen molar-refractivity contribution in [3.8, 4) is 0 Å².